The molecule has 0 aliphatic heterocycles. The number of benzene rings is 2. The van der Waals surface area contributed by atoms with E-state index in [4.69, 9.17) is 0 Å². The van der Waals surface area contributed by atoms with Crippen molar-refractivity contribution in [2.75, 3.05) is 23.7 Å². The van der Waals surface area contributed by atoms with Gasteiger partial charge in [0.2, 0.25) is 0 Å². The fraction of sp³-hybridized carbons (Fsp3) is 0.250. The third-order valence-corrected chi connectivity index (χ3v) is 4.80. The van der Waals surface area contributed by atoms with Gasteiger partial charge in [-0.05, 0) is 49.7 Å². The van der Waals surface area contributed by atoms with Gasteiger partial charge in [-0.15, -0.1) is 0 Å². The van der Waals surface area contributed by atoms with Gasteiger partial charge in [-0.3, -0.25) is 4.72 Å². The predicted molar refractivity (Wildman–Crippen MR) is 87.5 cm³/mol. The largest absolute Gasteiger partial charge is 0.378 e. The van der Waals surface area contributed by atoms with Crippen LogP contribution in [-0.2, 0) is 10.0 Å². The number of rotatable bonds is 4. The minimum Gasteiger partial charge on any atom is -0.378 e. The quantitative estimate of drug-likeness (QED) is 0.944. The highest BCUT2D eigenvalue weighted by molar-refractivity contribution is 7.92. The molecule has 2 rings (SSSR count). The van der Waals surface area contributed by atoms with Crippen LogP contribution in [0.2, 0.25) is 0 Å². The number of nitrogens with zero attached hydrogens (tertiary/aromatic N) is 1. The van der Waals surface area contributed by atoms with Crippen LogP contribution in [0.3, 0.4) is 0 Å². The Morgan fingerprint density at radius 2 is 1.57 bits per heavy atom. The molecule has 0 spiro atoms. The number of aryl methyl sites for hydroxylation is 2. The highest BCUT2D eigenvalue weighted by atomic mass is 32.2. The molecular weight excluding hydrogens is 284 g/mol. The van der Waals surface area contributed by atoms with Crippen LogP contribution in [0, 0.1) is 13.8 Å². The summed E-state index contributed by atoms with van der Waals surface area (Å²) in [6, 6.07) is 12.6. The lowest BCUT2D eigenvalue weighted by Gasteiger charge is -2.14. The van der Waals surface area contributed by atoms with E-state index in [0.29, 0.717) is 10.6 Å². The molecule has 4 nitrogen and oxygen atoms in total. The third-order valence-electron chi connectivity index (χ3n) is 3.26. The zero-order valence-corrected chi connectivity index (χ0v) is 13.5. The lowest BCUT2D eigenvalue weighted by atomic mass is 10.2. The Labute approximate surface area is 126 Å². The fourth-order valence-electron chi connectivity index (χ4n) is 2.14. The SMILES string of the molecule is Cc1ccc(S(=O)(=O)Nc2ccc(N(C)C)cc2)c(C)c1. The molecule has 112 valence electrons. The van der Waals surface area contributed by atoms with Crippen molar-refractivity contribution in [2.45, 2.75) is 18.7 Å². The average molecular weight is 304 g/mol. The van der Waals surface area contributed by atoms with Gasteiger partial charge in [0.1, 0.15) is 0 Å². The maximum absolute atomic E-state index is 12.4. The summed E-state index contributed by atoms with van der Waals surface area (Å²) in [5.41, 5.74) is 3.36. The second-order valence-electron chi connectivity index (χ2n) is 5.32. The predicted octanol–water partition coefficient (Wildman–Crippen LogP) is 3.17. The maximum Gasteiger partial charge on any atom is 0.262 e. The van der Waals surface area contributed by atoms with E-state index in [1.807, 2.05) is 44.1 Å². The molecule has 0 bridgehead atoms. The summed E-state index contributed by atoms with van der Waals surface area (Å²) in [4.78, 5) is 2.27. The van der Waals surface area contributed by atoms with Crippen LogP contribution in [0.1, 0.15) is 11.1 Å². The Bertz CT molecular complexity index is 735. The second-order valence-corrected chi connectivity index (χ2v) is 6.97. The molecule has 0 radical (unpaired) electrons. The summed E-state index contributed by atoms with van der Waals surface area (Å²) >= 11 is 0. The van der Waals surface area contributed by atoms with Gasteiger partial charge in [0.25, 0.3) is 10.0 Å². The summed E-state index contributed by atoms with van der Waals surface area (Å²) in [5, 5.41) is 0. The molecule has 0 aliphatic rings. The molecule has 0 saturated heterocycles. The van der Waals surface area contributed by atoms with Gasteiger partial charge in [-0.1, -0.05) is 17.7 Å². The van der Waals surface area contributed by atoms with Gasteiger partial charge in [0.15, 0.2) is 0 Å². The first-order chi connectivity index (χ1) is 9.79. The van der Waals surface area contributed by atoms with Crippen molar-refractivity contribution >= 4 is 21.4 Å². The van der Waals surface area contributed by atoms with Crippen molar-refractivity contribution in [1.29, 1.82) is 0 Å². The first-order valence-electron chi connectivity index (χ1n) is 6.67. The average Bonchev–Trinajstić information content (AvgIpc) is 2.38. The number of nitrogens with one attached hydrogen (secondary N) is 1. The molecule has 0 aliphatic carbocycles. The summed E-state index contributed by atoms with van der Waals surface area (Å²) in [5.74, 6) is 0. The molecule has 2 aromatic rings. The highest BCUT2D eigenvalue weighted by Gasteiger charge is 2.16. The van der Waals surface area contributed by atoms with E-state index in [2.05, 4.69) is 4.72 Å². The molecule has 0 atom stereocenters. The van der Waals surface area contributed by atoms with E-state index in [1.165, 1.54) is 0 Å². The number of sulfonamides is 1. The van der Waals surface area contributed by atoms with Gasteiger partial charge in [0.05, 0.1) is 4.90 Å². The van der Waals surface area contributed by atoms with Gasteiger partial charge in [-0.25, -0.2) is 8.42 Å². The Morgan fingerprint density at radius 1 is 0.952 bits per heavy atom. The first kappa shape index (κ1) is 15.4. The van der Waals surface area contributed by atoms with Crippen molar-refractivity contribution in [3.8, 4) is 0 Å². The van der Waals surface area contributed by atoms with E-state index in [9.17, 15) is 8.42 Å². The summed E-state index contributed by atoms with van der Waals surface area (Å²) < 4.78 is 27.5. The van der Waals surface area contributed by atoms with Crippen LogP contribution in [0.4, 0.5) is 11.4 Å². The normalized spacial score (nSPS) is 11.2. The molecule has 0 amide bonds. The third kappa shape index (κ3) is 3.55. The number of anilines is 2. The van der Waals surface area contributed by atoms with Gasteiger partial charge in [0, 0.05) is 25.5 Å². The van der Waals surface area contributed by atoms with Gasteiger partial charge >= 0.3 is 0 Å². The lowest BCUT2D eigenvalue weighted by Crippen LogP contribution is -2.14. The molecule has 21 heavy (non-hydrogen) atoms. The zero-order chi connectivity index (χ0) is 15.6. The standard InChI is InChI=1S/C16H20N2O2S/c1-12-5-10-16(13(2)11-12)21(19,20)17-14-6-8-15(9-7-14)18(3)4/h5-11,17H,1-4H3. The molecule has 0 fully saturated rings. The second kappa shape index (κ2) is 5.77. The molecule has 0 aromatic heterocycles. The van der Waals surface area contributed by atoms with Crippen molar-refractivity contribution in [3.63, 3.8) is 0 Å². The van der Waals surface area contributed by atoms with Crippen LogP contribution < -0.4 is 9.62 Å². The lowest BCUT2D eigenvalue weighted by molar-refractivity contribution is 0.600. The van der Waals surface area contributed by atoms with Crippen LogP contribution >= 0.6 is 0 Å². The highest BCUT2D eigenvalue weighted by Crippen LogP contribution is 2.22. The Balaban J connectivity index is 2.28. The van der Waals surface area contributed by atoms with E-state index < -0.39 is 10.0 Å². The fourth-order valence-corrected chi connectivity index (χ4v) is 3.42. The van der Waals surface area contributed by atoms with Crippen LogP contribution in [0.15, 0.2) is 47.4 Å². The van der Waals surface area contributed by atoms with Crippen molar-refractivity contribution in [2.24, 2.45) is 0 Å². The molecule has 5 heteroatoms. The Hall–Kier alpha value is -2.01. The molecule has 2 aromatic carbocycles. The molecule has 0 saturated carbocycles. The van der Waals surface area contributed by atoms with Gasteiger partial charge < -0.3 is 4.90 Å². The van der Waals surface area contributed by atoms with Crippen molar-refractivity contribution in [3.05, 3.63) is 53.6 Å². The Morgan fingerprint density at radius 3 is 2.10 bits per heavy atom. The molecule has 0 heterocycles. The van der Waals surface area contributed by atoms with Gasteiger partial charge in [-0.2, -0.15) is 0 Å². The molecular formula is C16H20N2O2S. The Kier molecular flexibility index (Phi) is 4.23. The monoisotopic (exact) mass is 304 g/mol. The van der Waals surface area contributed by atoms with E-state index >= 15 is 0 Å². The number of hydrogen-bond donors (Lipinski definition) is 1. The molecule has 1 N–H and O–H groups in total. The minimum absolute atomic E-state index is 0.310. The van der Waals surface area contributed by atoms with Crippen molar-refractivity contribution < 1.29 is 8.42 Å². The molecule has 0 unspecified atom stereocenters. The van der Waals surface area contributed by atoms with Crippen LogP contribution in [0.5, 0.6) is 0 Å². The summed E-state index contributed by atoms with van der Waals surface area (Å²) in [7, 11) is 0.321. The smallest absolute Gasteiger partial charge is 0.262 e. The van der Waals surface area contributed by atoms with Crippen molar-refractivity contribution in [1.82, 2.24) is 0 Å². The minimum atomic E-state index is -3.56. The zero-order valence-electron chi connectivity index (χ0n) is 12.7. The topological polar surface area (TPSA) is 49.4 Å². The van der Waals surface area contributed by atoms with Crippen LogP contribution in [0.25, 0.3) is 0 Å². The van der Waals surface area contributed by atoms with E-state index in [0.717, 1.165) is 16.8 Å². The number of hydrogen-bond acceptors (Lipinski definition) is 3. The summed E-state index contributed by atoms with van der Waals surface area (Å²) in [6.45, 7) is 3.74. The summed E-state index contributed by atoms with van der Waals surface area (Å²) in [6.07, 6.45) is 0. The van der Waals surface area contributed by atoms with Crippen LogP contribution in [-0.4, -0.2) is 22.5 Å². The van der Waals surface area contributed by atoms with E-state index in [1.54, 1.807) is 31.2 Å². The van der Waals surface area contributed by atoms with E-state index in [-0.39, 0.29) is 0 Å². The maximum atomic E-state index is 12.4. The first-order valence-corrected chi connectivity index (χ1v) is 8.15.